The third kappa shape index (κ3) is 2.34. The van der Waals surface area contributed by atoms with E-state index in [1.807, 2.05) is 0 Å². The maximum Gasteiger partial charge on any atom is 0.153 e. The molecule has 0 aliphatic carbocycles. The van der Waals surface area contributed by atoms with E-state index in [1.54, 1.807) is 18.2 Å². The normalized spacial score (nSPS) is 10.4. The van der Waals surface area contributed by atoms with E-state index < -0.39 is 0 Å². The highest BCUT2D eigenvalue weighted by atomic mass is 35.5. The van der Waals surface area contributed by atoms with Gasteiger partial charge in [0.05, 0.1) is 31.3 Å². The number of halogens is 4. The summed E-state index contributed by atoms with van der Waals surface area (Å²) in [6, 6.07) is 5.08. The molecule has 2 aromatic rings. The zero-order valence-corrected chi connectivity index (χ0v) is 11.8. The molecule has 1 aromatic heterocycles. The van der Waals surface area contributed by atoms with Crippen LogP contribution in [0.25, 0.3) is 11.3 Å². The molecular weight excluding hydrogens is 316 g/mol. The summed E-state index contributed by atoms with van der Waals surface area (Å²) in [5.41, 5.74) is 1.10. The van der Waals surface area contributed by atoms with Crippen LogP contribution in [0.3, 0.4) is 0 Å². The van der Waals surface area contributed by atoms with Crippen molar-refractivity contribution in [3.63, 3.8) is 0 Å². The van der Waals surface area contributed by atoms with E-state index in [9.17, 15) is 4.79 Å². The molecule has 1 heterocycles. The van der Waals surface area contributed by atoms with Crippen molar-refractivity contribution in [2.45, 2.75) is 0 Å². The van der Waals surface area contributed by atoms with Crippen LogP contribution in [-0.2, 0) is 0 Å². The van der Waals surface area contributed by atoms with Gasteiger partial charge in [0, 0.05) is 11.8 Å². The second-order valence-electron chi connectivity index (χ2n) is 3.40. The number of carbonyl (C=O) groups excluding carboxylic acids is 1. The average Bonchev–Trinajstić information content (AvgIpc) is 2.34. The van der Waals surface area contributed by atoms with Crippen molar-refractivity contribution in [1.82, 2.24) is 4.98 Å². The van der Waals surface area contributed by atoms with Crippen LogP contribution in [0.15, 0.2) is 24.4 Å². The highest BCUT2D eigenvalue weighted by Crippen LogP contribution is 2.38. The van der Waals surface area contributed by atoms with Crippen LogP contribution in [0.1, 0.15) is 10.4 Å². The molecule has 0 atom stereocenters. The van der Waals surface area contributed by atoms with Gasteiger partial charge in [-0.2, -0.15) is 0 Å². The van der Waals surface area contributed by atoms with Crippen molar-refractivity contribution < 1.29 is 4.79 Å². The smallest absolute Gasteiger partial charge is 0.153 e. The Morgan fingerprint density at radius 3 is 2.39 bits per heavy atom. The van der Waals surface area contributed by atoms with E-state index in [-0.39, 0.29) is 15.6 Å². The molecule has 0 radical (unpaired) electrons. The number of aldehydes is 1. The molecular formula is C12H5Cl4NO. The highest BCUT2D eigenvalue weighted by Gasteiger charge is 2.16. The summed E-state index contributed by atoms with van der Waals surface area (Å²) in [6.45, 7) is 0. The Balaban J connectivity index is 2.72. The Morgan fingerprint density at radius 1 is 1.00 bits per heavy atom. The lowest BCUT2D eigenvalue weighted by molar-refractivity contribution is 0.112. The predicted molar refractivity (Wildman–Crippen MR) is 75.1 cm³/mol. The summed E-state index contributed by atoms with van der Waals surface area (Å²) in [7, 11) is 0. The number of hydrogen-bond donors (Lipinski definition) is 0. The highest BCUT2D eigenvalue weighted by molar-refractivity contribution is 6.44. The van der Waals surface area contributed by atoms with Crippen LogP contribution >= 0.6 is 46.4 Å². The van der Waals surface area contributed by atoms with Crippen molar-refractivity contribution in [3.8, 4) is 11.3 Å². The summed E-state index contributed by atoms with van der Waals surface area (Å²) >= 11 is 23.9. The fourth-order valence-electron chi connectivity index (χ4n) is 1.46. The molecule has 0 spiro atoms. The Hall–Kier alpha value is -0.800. The molecule has 0 bridgehead atoms. The van der Waals surface area contributed by atoms with Crippen molar-refractivity contribution in [2.24, 2.45) is 0 Å². The van der Waals surface area contributed by atoms with E-state index in [1.165, 1.54) is 6.20 Å². The quantitative estimate of drug-likeness (QED) is 0.714. The summed E-state index contributed by atoms with van der Waals surface area (Å²) in [5.74, 6) is 0. The summed E-state index contributed by atoms with van der Waals surface area (Å²) < 4.78 is 0. The van der Waals surface area contributed by atoms with Gasteiger partial charge in [-0.15, -0.1) is 0 Å². The largest absolute Gasteiger partial charge is 0.298 e. The van der Waals surface area contributed by atoms with Gasteiger partial charge in [0.2, 0.25) is 0 Å². The number of nitrogens with zero attached hydrogens (tertiary/aromatic N) is 1. The van der Waals surface area contributed by atoms with Gasteiger partial charge in [0.25, 0.3) is 0 Å². The minimum atomic E-state index is 0.154. The SMILES string of the molecule is O=Cc1c(Cl)cnc(-c2cccc(Cl)c2Cl)c1Cl. The van der Waals surface area contributed by atoms with E-state index in [4.69, 9.17) is 46.4 Å². The first-order valence-corrected chi connectivity index (χ1v) is 6.31. The molecule has 0 unspecified atom stereocenters. The van der Waals surface area contributed by atoms with Crippen LogP contribution in [0.5, 0.6) is 0 Å². The molecule has 6 heteroatoms. The van der Waals surface area contributed by atoms with Gasteiger partial charge in [0.1, 0.15) is 0 Å². The Bertz CT molecular complexity index is 628. The van der Waals surface area contributed by atoms with Gasteiger partial charge in [-0.1, -0.05) is 58.5 Å². The van der Waals surface area contributed by atoms with Crippen molar-refractivity contribution >= 4 is 52.7 Å². The second-order valence-corrected chi connectivity index (χ2v) is 4.97. The fraction of sp³-hybridized carbons (Fsp3) is 0. The van der Waals surface area contributed by atoms with Crippen molar-refractivity contribution in [2.75, 3.05) is 0 Å². The molecule has 1 aromatic carbocycles. The number of aromatic nitrogens is 1. The van der Waals surface area contributed by atoms with Gasteiger partial charge in [-0.25, -0.2) is 0 Å². The number of carbonyl (C=O) groups is 1. The minimum Gasteiger partial charge on any atom is -0.298 e. The number of rotatable bonds is 2. The molecule has 2 rings (SSSR count). The van der Waals surface area contributed by atoms with E-state index in [2.05, 4.69) is 4.98 Å². The number of benzene rings is 1. The molecule has 0 fully saturated rings. The van der Waals surface area contributed by atoms with Crippen molar-refractivity contribution in [1.29, 1.82) is 0 Å². The van der Waals surface area contributed by atoms with E-state index in [0.717, 1.165) is 0 Å². The molecule has 2 nitrogen and oxygen atoms in total. The van der Waals surface area contributed by atoms with Crippen LogP contribution in [-0.4, -0.2) is 11.3 Å². The number of pyridine rings is 1. The molecule has 0 N–H and O–H groups in total. The predicted octanol–water partition coefficient (Wildman–Crippen LogP) is 5.17. The maximum atomic E-state index is 10.9. The Kier molecular flexibility index (Phi) is 4.13. The lowest BCUT2D eigenvalue weighted by atomic mass is 10.1. The molecule has 18 heavy (non-hydrogen) atoms. The third-order valence-corrected chi connectivity index (χ3v) is 3.84. The minimum absolute atomic E-state index is 0.154. The zero-order valence-electron chi connectivity index (χ0n) is 8.75. The van der Waals surface area contributed by atoms with Gasteiger partial charge in [-0.3, -0.25) is 9.78 Å². The van der Waals surface area contributed by atoms with Crippen LogP contribution < -0.4 is 0 Å². The lowest BCUT2D eigenvalue weighted by Gasteiger charge is -2.09. The van der Waals surface area contributed by atoms with Gasteiger partial charge < -0.3 is 0 Å². The molecule has 92 valence electrons. The van der Waals surface area contributed by atoms with Gasteiger partial charge in [0.15, 0.2) is 6.29 Å². The standard InChI is InChI=1S/C12H5Cl4NO/c13-8-3-1-2-6(10(8)15)12-11(16)7(5-18)9(14)4-17-12/h1-5H. The molecule has 0 saturated heterocycles. The molecule has 0 aliphatic heterocycles. The van der Waals surface area contributed by atoms with Crippen LogP contribution in [0, 0.1) is 0 Å². The van der Waals surface area contributed by atoms with E-state index in [0.29, 0.717) is 27.6 Å². The average molecular weight is 321 g/mol. The third-order valence-electron chi connectivity index (χ3n) is 2.33. The first kappa shape index (κ1) is 13.6. The van der Waals surface area contributed by atoms with Crippen LogP contribution in [0.4, 0.5) is 0 Å². The summed E-state index contributed by atoms with van der Waals surface area (Å²) in [4.78, 5) is 15.0. The Labute approximate surface area is 123 Å². The molecule has 0 amide bonds. The van der Waals surface area contributed by atoms with Gasteiger partial charge >= 0.3 is 0 Å². The number of hydrogen-bond acceptors (Lipinski definition) is 2. The van der Waals surface area contributed by atoms with E-state index >= 15 is 0 Å². The summed E-state index contributed by atoms with van der Waals surface area (Å²) in [5, 5.41) is 1.06. The topological polar surface area (TPSA) is 30.0 Å². The first-order chi connectivity index (χ1) is 8.56. The van der Waals surface area contributed by atoms with Gasteiger partial charge in [-0.05, 0) is 6.07 Å². The molecule has 0 aliphatic rings. The molecule has 0 saturated carbocycles. The second kappa shape index (κ2) is 5.45. The summed E-state index contributed by atoms with van der Waals surface area (Å²) in [6.07, 6.45) is 1.93. The monoisotopic (exact) mass is 319 g/mol. The zero-order chi connectivity index (χ0) is 13.3. The Morgan fingerprint density at radius 2 is 1.72 bits per heavy atom. The fourth-order valence-corrected chi connectivity index (χ4v) is 2.39. The van der Waals surface area contributed by atoms with Crippen LogP contribution in [0.2, 0.25) is 20.1 Å². The maximum absolute atomic E-state index is 10.9. The lowest BCUT2D eigenvalue weighted by Crippen LogP contribution is -1.93. The first-order valence-electron chi connectivity index (χ1n) is 4.79. The van der Waals surface area contributed by atoms with Crippen molar-refractivity contribution in [3.05, 3.63) is 50.0 Å².